The maximum absolute atomic E-state index is 12.1. The van der Waals surface area contributed by atoms with E-state index in [2.05, 4.69) is 4.72 Å². The van der Waals surface area contributed by atoms with Crippen LogP contribution < -0.4 is 4.72 Å². The van der Waals surface area contributed by atoms with Crippen molar-refractivity contribution in [2.24, 2.45) is 0 Å². The maximum atomic E-state index is 12.1. The second-order valence-corrected chi connectivity index (χ2v) is 6.84. The molecule has 0 bridgehead atoms. The number of hydrogen-bond acceptors (Lipinski definition) is 2. The van der Waals surface area contributed by atoms with Crippen molar-refractivity contribution in [1.82, 2.24) is 4.72 Å². The Bertz CT molecular complexity index is 654. The van der Waals surface area contributed by atoms with Crippen molar-refractivity contribution in [2.75, 3.05) is 6.54 Å². The van der Waals surface area contributed by atoms with Gasteiger partial charge in [0.05, 0.1) is 10.3 Å². The van der Waals surface area contributed by atoms with Gasteiger partial charge in [0.25, 0.3) is 0 Å². The van der Waals surface area contributed by atoms with Crippen LogP contribution >= 0.6 is 11.6 Å². The van der Waals surface area contributed by atoms with Gasteiger partial charge < -0.3 is 0 Å². The lowest BCUT2D eigenvalue weighted by Crippen LogP contribution is -2.27. The van der Waals surface area contributed by atoms with Crippen LogP contribution in [0, 0.1) is 6.92 Å². The average Bonchev–Trinajstić information content (AvgIpc) is 2.46. The normalized spacial score (nSPS) is 13.1. The zero-order chi connectivity index (χ0) is 14.6. The van der Waals surface area contributed by atoms with Crippen LogP contribution in [-0.4, -0.2) is 15.0 Å². The van der Waals surface area contributed by atoms with Gasteiger partial charge in [-0.2, -0.15) is 0 Å². The van der Waals surface area contributed by atoms with Gasteiger partial charge in [0.15, 0.2) is 0 Å². The van der Waals surface area contributed by atoms with Crippen LogP contribution in [0.25, 0.3) is 0 Å². The average molecular weight is 310 g/mol. The van der Waals surface area contributed by atoms with Crippen LogP contribution in [0.4, 0.5) is 0 Å². The molecular formula is C15H16ClNO2S. The molecule has 0 aliphatic carbocycles. The molecule has 0 aliphatic heterocycles. The van der Waals surface area contributed by atoms with Crippen molar-refractivity contribution in [3.05, 3.63) is 65.7 Å². The van der Waals surface area contributed by atoms with E-state index in [1.807, 2.05) is 37.3 Å². The molecule has 0 amide bonds. The molecule has 0 fully saturated rings. The SMILES string of the molecule is Cc1ccc(S(=O)(=O)NC[C@@H](Cl)c2ccccc2)cc1. The summed E-state index contributed by atoms with van der Waals surface area (Å²) in [5.41, 5.74) is 1.91. The van der Waals surface area contributed by atoms with E-state index in [4.69, 9.17) is 11.6 Å². The van der Waals surface area contributed by atoms with Crippen molar-refractivity contribution in [1.29, 1.82) is 0 Å². The van der Waals surface area contributed by atoms with Gasteiger partial charge in [-0.25, -0.2) is 13.1 Å². The van der Waals surface area contributed by atoms with Gasteiger partial charge in [-0.3, -0.25) is 0 Å². The van der Waals surface area contributed by atoms with E-state index in [1.54, 1.807) is 24.3 Å². The summed E-state index contributed by atoms with van der Waals surface area (Å²) in [6.07, 6.45) is 0. The van der Waals surface area contributed by atoms with Crippen molar-refractivity contribution in [2.45, 2.75) is 17.2 Å². The van der Waals surface area contributed by atoms with Crippen molar-refractivity contribution < 1.29 is 8.42 Å². The van der Waals surface area contributed by atoms with Gasteiger partial charge in [0.2, 0.25) is 10.0 Å². The fraction of sp³-hybridized carbons (Fsp3) is 0.200. The Labute approximate surface area is 124 Å². The summed E-state index contributed by atoms with van der Waals surface area (Å²) in [5.74, 6) is 0. The fourth-order valence-corrected chi connectivity index (χ4v) is 3.12. The second kappa shape index (κ2) is 6.39. The molecule has 2 rings (SSSR count). The van der Waals surface area contributed by atoms with E-state index in [-0.39, 0.29) is 11.4 Å². The number of halogens is 1. The van der Waals surface area contributed by atoms with E-state index in [9.17, 15) is 8.42 Å². The van der Waals surface area contributed by atoms with Crippen molar-refractivity contribution in [3.8, 4) is 0 Å². The number of sulfonamides is 1. The first kappa shape index (κ1) is 15.0. The number of hydrogen-bond donors (Lipinski definition) is 1. The number of aryl methyl sites for hydroxylation is 1. The molecule has 0 aliphatic rings. The summed E-state index contributed by atoms with van der Waals surface area (Å²) in [6.45, 7) is 2.07. The van der Waals surface area contributed by atoms with Crippen LogP contribution in [0.15, 0.2) is 59.5 Å². The molecule has 20 heavy (non-hydrogen) atoms. The number of nitrogens with one attached hydrogen (secondary N) is 1. The van der Waals surface area contributed by atoms with E-state index < -0.39 is 15.4 Å². The van der Waals surface area contributed by atoms with Crippen molar-refractivity contribution in [3.63, 3.8) is 0 Å². The molecule has 0 unspecified atom stereocenters. The molecule has 0 radical (unpaired) electrons. The predicted octanol–water partition coefficient (Wildman–Crippen LogP) is 3.25. The molecule has 1 atom stereocenters. The van der Waals surface area contributed by atoms with Crippen LogP contribution in [0.5, 0.6) is 0 Å². The highest BCUT2D eigenvalue weighted by molar-refractivity contribution is 7.89. The van der Waals surface area contributed by atoms with Crippen molar-refractivity contribution >= 4 is 21.6 Å². The smallest absolute Gasteiger partial charge is 0.209 e. The third-order valence-electron chi connectivity index (χ3n) is 2.95. The minimum absolute atomic E-state index is 0.155. The molecule has 0 aromatic heterocycles. The second-order valence-electron chi connectivity index (χ2n) is 4.54. The number of rotatable bonds is 5. The van der Waals surface area contributed by atoms with Crippen LogP contribution in [0.3, 0.4) is 0 Å². The van der Waals surface area contributed by atoms with Gasteiger partial charge in [-0.15, -0.1) is 11.6 Å². The summed E-state index contributed by atoms with van der Waals surface area (Å²) >= 11 is 6.20. The summed E-state index contributed by atoms with van der Waals surface area (Å²) in [5, 5.41) is -0.392. The molecular weight excluding hydrogens is 294 g/mol. The zero-order valence-electron chi connectivity index (χ0n) is 11.1. The Morgan fingerprint density at radius 1 is 1.05 bits per heavy atom. The molecule has 3 nitrogen and oxygen atoms in total. The quantitative estimate of drug-likeness (QED) is 0.862. The zero-order valence-corrected chi connectivity index (χ0v) is 12.7. The highest BCUT2D eigenvalue weighted by Crippen LogP contribution is 2.19. The lowest BCUT2D eigenvalue weighted by atomic mass is 10.1. The Kier molecular flexibility index (Phi) is 4.81. The molecule has 5 heteroatoms. The standard InChI is InChI=1S/C15H16ClNO2S/c1-12-7-9-14(10-8-12)20(18,19)17-11-15(16)13-5-3-2-4-6-13/h2-10,15,17H,11H2,1H3/t15-/m1/s1. The minimum Gasteiger partial charge on any atom is -0.209 e. The lowest BCUT2D eigenvalue weighted by Gasteiger charge is -2.12. The molecule has 1 N–H and O–H groups in total. The van der Waals surface area contributed by atoms with Gasteiger partial charge >= 0.3 is 0 Å². The van der Waals surface area contributed by atoms with E-state index in [0.717, 1.165) is 11.1 Å². The monoisotopic (exact) mass is 309 g/mol. The molecule has 106 valence electrons. The van der Waals surface area contributed by atoms with Crippen LogP contribution in [-0.2, 0) is 10.0 Å². The Balaban J connectivity index is 2.04. The molecule has 0 heterocycles. The Hall–Kier alpha value is -1.36. The van der Waals surface area contributed by atoms with E-state index in [1.165, 1.54) is 0 Å². The van der Waals surface area contributed by atoms with Gasteiger partial charge in [0.1, 0.15) is 0 Å². The molecule has 0 spiro atoms. The summed E-state index contributed by atoms with van der Waals surface area (Å²) in [6, 6.07) is 16.1. The van der Waals surface area contributed by atoms with Crippen LogP contribution in [0.2, 0.25) is 0 Å². The van der Waals surface area contributed by atoms with Gasteiger partial charge in [0, 0.05) is 6.54 Å². The maximum Gasteiger partial charge on any atom is 0.240 e. The highest BCUT2D eigenvalue weighted by atomic mass is 35.5. The predicted molar refractivity (Wildman–Crippen MR) is 81.4 cm³/mol. The topological polar surface area (TPSA) is 46.2 Å². The lowest BCUT2D eigenvalue weighted by molar-refractivity contribution is 0.581. The fourth-order valence-electron chi connectivity index (χ4n) is 1.76. The van der Waals surface area contributed by atoms with E-state index >= 15 is 0 Å². The van der Waals surface area contributed by atoms with Crippen LogP contribution in [0.1, 0.15) is 16.5 Å². The largest absolute Gasteiger partial charge is 0.240 e. The highest BCUT2D eigenvalue weighted by Gasteiger charge is 2.16. The first-order valence-electron chi connectivity index (χ1n) is 6.24. The summed E-state index contributed by atoms with van der Waals surface area (Å²) < 4.78 is 26.8. The number of alkyl halides is 1. The van der Waals surface area contributed by atoms with Gasteiger partial charge in [-0.05, 0) is 24.6 Å². The third-order valence-corrected chi connectivity index (χ3v) is 4.79. The molecule has 0 saturated heterocycles. The van der Waals surface area contributed by atoms with E-state index in [0.29, 0.717) is 0 Å². The Morgan fingerprint density at radius 2 is 1.65 bits per heavy atom. The Morgan fingerprint density at radius 3 is 2.25 bits per heavy atom. The molecule has 2 aromatic carbocycles. The molecule has 0 saturated carbocycles. The third kappa shape index (κ3) is 3.82. The molecule has 2 aromatic rings. The minimum atomic E-state index is -3.51. The van der Waals surface area contributed by atoms with Gasteiger partial charge in [-0.1, -0.05) is 48.0 Å². The first-order chi connectivity index (χ1) is 9.49. The number of benzene rings is 2. The summed E-state index contributed by atoms with van der Waals surface area (Å²) in [7, 11) is -3.51. The first-order valence-corrected chi connectivity index (χ1v) is 8.16. The summed E-state index contributed by atoms with van der Waals surface area (Å²) in [4.78, 5) is 0.250.